The van der Waals surface area contributed by atoms with E-state index >= 15 is 0 Å². The molecule has 0 fully saturated rings. The molecule has 5 heteroatoms. The molecule has 0 saturated heterocycles. The Labute approximate surface area is 656 Å². The van der Waals surface area contributed by atoms with Gasteiger partial charge in [0.2, 0.25) is 0 Å². The average Bonchev–Trinajstić information content (AvgIpc) is 0.717. The first-order chi connectivity index (χ1) is 53.5. The number of nitrogens with zero attached hydrogens (tertiary/aromatic N) is 4. The largest absolute Gasteiger partial charge is 0.311 e. The molecular weight excluding hydrogens is 1340 g/mol. The van der Waals surface area contributed by atoms with Crippen molar-refractivity contribution in [3.8, 4) is 72.4 Å². The van der Waals surface area contributed by atoms with E-state index in [-0.39, 0.29) is 28.4 Å². The van der Waals surface area contributed by atoms with Crippen molar-refractivity contribution >= 4 is 96.1 Å². The second-order valence-corrected chi connectivity index (χ2v) is 34.7. The van der Waals surface area contributed by atoms with E-state index in [4.69, 9.17) is 0 Å². The van der Waals surface area contributed by atoms with Crippen LogP contribution in [0.25, 0.3) is 94.3 Å². The van der Waals surface area contributed by atoms with Crippen LogP contribution in [0.1, 0.15) is 105 Å². The number of benzene rings is 15. The Kier molecular flexibility index (Phi) is 17.3. The third-order valence-corrected chi connectivity index (χ3v) is 23.0. The fraction of sp³-hybridized carbons (Fsp3) is 0.151. The van der Waals surface area contributed by atoms with Crippen molar-refractivity contribution in [3.05, 3.63) is 368 Å². The van der Waals surface area contributed by atoms with Crippen molar-refractivity contribution < 1.29 is 0 Å². The van der Waals surface area contributed by atoms with E-state index in [1.54, 1.807) is 0 Å². The van der Waals surface area contributed by atoms with Crippen molar-refractivity contribution in [1.82, 2.24) is 4.57 Å². The summed E-state index contributed by atoms with van der Waals surface area (Å²) >= 11 is 0. The van der Waals surface area contributed by atoms with Crippen LogP contribution in [-0.2, 0) is 21.7 Å². The summed E-state index contributed by atoms with van der Waals surface area (Å²) in [5.74, 6) is 0. The molecule has 15 aromatic carbocycles. The van der Waals surface area contributed by atoms with Gasteiger partial charge in [-0.2, -0.15) is 0 Å². The van der Waals surface area contributed by atoms with Gasteiger partial charge < -0.3 is 19.3 Å². The second kappa shape index (κ2) is 27.3. The first-order valence-corrected chi connectivity index (χ1v) is 39.4. The summed E-state index contributed by atoms with van der Waals surface area (Å²) in [5, 5.41) is 2.36. The smallest absolute Gasteiger partial charge is 0.252 e. The van der Waals surface area contributed by atoms with Crippen LogP contribution < -0.4 is 31.1 Å². The van der Waals surface area contributed by atoms with Gasteiger partial charge in [-0.05, 0) is 242 Å². The number of para-hydroxylation sites is 3. The Morgan fingerprint density at radius 1 is 0.225 bits per heavy atom. The molecule has 0 atom stereocenters. The SMILES string of the molecule is CC(C)(C)c1cc(-c2ccc3c(c2)N(c2cc(-c4ccccc4)cc(-c4ccccc4)c2)c2cc(-c4cc(C(C)(C)C)cc(C(C)(C)C)c4)cc4c2B3c2ccc(-n3c5ccccc5c5cc(N(c6ccccc6)c6ccccc6)ccc53)cc2N4c2cc(-c3ccccc3)cc(-c3ccccc3)c2)cc(C(C)(C)C)c1. The summed E-state index contributed by atoms with van der Waals surface area (Å²) in [6.45, 7) is 28.1. The van der Waals surface area contributed by atoms with E-state index in [1.807, 2.05) is 0 Å². The van der Waals surface area contributed by atoms with Crippen molar-refractivity contribution in [1.29, 1.82) is 0 Å². The van der Waals surface area contributed by atoms with Crippen LogP contribution >= 0.6 is 0 Å². The molecule has 2 aliphatic rings. The van der Waals surface area contributed by atoms with Crippen LogP contribution in [0.2, 0.25) is 0 Å². The normalized spacial score (nSPS) is 12.8. The molecule has 0 bridgehead atoms. The number of rotatable bonds is 12. The van der Waals surface area contributed by atoms with Gasteiger partial charge >= 0.3 is 0 Å². The van der Waals surface area contributed by atoms with E-state index in [9.17, 15) is 0 Å². The van der Waals surface area contributed by atoms with Gasteiger partial charge in [-0.3, -0.25) is 0 Å². The monoisotopic (exact) mass is 1430 g/mol. The standard InChI is InChI=1S/C106H93BN4/c1-103(2,3)82-55-79(56-83(66-82)104(4,5)6)74-47-50-94-98(63-74)110(90-59-75(70-33-19-13-20-34-70)53-76(60-90)71-35-21-14-22-36-71)100-64-81(80-57-84(105(7,8)9)67-85(58-80)106(10,11)12)65-101-102(100)107(94)95-51-48-89(69-99(95)111(101)91-61-77(72-37-23-15-24-38-72)54-78(62-91)73-39-25-16-26-40-73)109-96-46-32-31-45-92(96)93-68-88(49-52-97(93)109)108(86-41-27-17-28-42-86)87-43-29-18-30-44-87/h13-69H,1-12H3. The van der Waals surface area contributed by atoms with E-state index in [0.717, 1.165) is 118 Å². The van der Waals surface area contributed by atoms with E-state index in [1.165, 1.54) is 66.1 Å². The van der Waals surface area contributed by atoms with Gasteiger partial charge in [0.15, 0.2) is 0 Å². The van der Waals surface area contributed by atoms with Gasteiger partial charge in [-0.25, -0.2) is 0 Å². The quantitative estimate of drug-likeness (QED) is 0.113. The maximum atomic E-state index is 2.67. The third kappa shape index (κ3) is 13.0. The molecule has 0 amide bonds. The van der Waals surface area contributed by atoms with Gasteiger partial charge in [0.05, 0.1) is 11.0 Å². The van der Waals surface area contributed by atoms with Crippen molar-refractivity contribution in [2.75, 3.05) is 14.7 Å². The predicted octanol–water partition coefficient (Wildman–Crippen LogP) is 27.5. The van der Waals surface area contributed by atoms with Crippen molar-refractivity contribution in [2.45, 2.75) is 105 Å². The zero-order chi connectivity index (χ0) is 76.2. The summed E-state index contributed by atoms with van der Waals surface area (Å²) < 4.78 is 2.52. The maximum absolute atomic E-state index is 2.67. The average molecular weight is 1430 g/mol. The predicted molar refractivity (Wildman–Crippen MR) is 477 cm³/mol. The minimum Gasteiger partial charge on any atom is -0.311 e. The van der Waals surface area contributed by atoms with Crippen LogP contribution in [0.4, 0.5) is 51.2 Å². The molecule has 111 heavy (non-hydrogen) atoms. The Hall–Kier alpha value is -12.4. The molecule has 16 aromatic rings. The molecule has 0 unspecified atom stereocenters. The third-order valence-electron chi connectivity index (χ3n) is 23.0. The van der Waals surface area contributed by atoms with Crippen LogP contribution in [0.15, 0.2) is 346 Å². The maximum Gasteiger partial charge on any atom is 0.252 e. The molecule has 0 radical (unpaired) electrons. The minimum absolute atomic E-state index is 0.0992. The number of hydrogen-bond donors (Lipinski definition) is 0. The molecule has 18 rings (SSSR count). The molecule has 0 N–H and O–H groups in total. The minimum atomic E-state index is -0.235. The molecule has 0 spiro atoms. The lowest BCUT2D eigenvalue weighted by Crippen LogP contribution is -2.61. The summed E-state index contributed by atoms with van der Waals surface area (Å²) in [7, 11) is 0. The van der Waals surface area contributed by atoms with Crippen molar-refractivity contribution in [3.63, 3.8) is 0 Å². The van der Waals surface area contributed by atoms with Crippen LogP contribution in [0, 0.1) is 0 Å². The molecule has 3 heterocycles. The fourth-order valence-electron chi connectivity index (χ4n) is 17.0. The Balaban J connectivity index is 0.978. The highest BCUT2D eigenvalue weighted by molar-refractivity contribution is 7.00. The fourth-order valence-corrected chi connectivity index (χ4v) is 17.0. The zero-order valence-corrected chi connectivity index (χ0v) is 65.8. The van der Waals surface area contributed by atoms with E-state index in [2.05, 4.69) is 448 Å². The topological polar surface area (TPSA) is 14.7 Å². The molecule has 540 valence electrons. The summed E-state index contributed by atoms with van der Waals surface area (Å²) in [5.41, 5.74) is 35.7. The van der Waals surface area contributed by atoms with Gasteiger partial charge in [-0.15, -0.1) is 0 Å². The lowest BCUT2D eigenvalue weighted by molar-refractivity contribution is 0.568. The zero-order valence-electron chi connectivity index (χ0n) is 65.8. The molecule has 4 nitrogen and oxygen atoms in total. The van der Waals surface area contributed by atoms with E-state index in [0.29, 0.717) is 0 Å². The summed E-state index contributed by atoms with van der Waals surface area (Å²) in [6.07, 6.45) is 0. The lowest BCUT2D eigenvalue weighted by atomic mass is 9.33. The lowest BCUT2D eigenvalue weighted by Gasteiger charge is -2.45. The van der Waals surface area contributed by atoms with Gasteiger partial charge in [-0.1, -0.05) is 314 Å². The van der Waals surface area contributed by atoms with Crippen LogP contribution in [-0.4, -0.2) is 11.3 Å². The van der Waals surface area contributed by atoms with Gasteiger partial charge in [0.25, 0.3) is 6.71 Å². The number of hydrogen-bond acceptors (Lipinski definition) is 3. The van der Waals surface area contributed by atoms with Crippen LogP contribution in [0.5, 0.6) is 0 Å². The highest BCUT2D eigenvalue weighted by Crippen LogP contribution is 2.52. The molecule has 1 aromatic heterocycles. The Morgan fingerprint density at radius 2 is 0.568 bits per heavy atom. The van der Waals surface area contributed by atoms with Crippen molar-refractivity contribution in [2.24, 2.45) is 0 Å². The molecule has 2 aliphatic heterocycles. The number of aromatic nitrogens is 1. The Morgan fingerprint density at radius 3 is 0.991 bits per heavy atom. The second-order valence-electron chi connectivity index (χ2n) is 34.7. The highest BCUT2D eigenvalue weighted by atomic mass is 15.2. The van der Waals surface area contributed by atoms with Gasteiger partial charge in [0.1, 0.15) is 0 Å². The molecule has 0 saturated carbocycles. The number of anilines is 9. The number of fused-ring (bicyclic) bond motifs is 7. The molecule has 0 aliphatic carbocycles. The summed E-state index contributed by atoms with van der Waals surface area (Å²) in [6, 6.07) is 131. The van der Waals surface area contributed by atoms with Crippen LogP contribution in [0.3, 0.4) is 0 Å². The molecular formula is C106H93BN4. The van der Waals surface area contributed by atoms with E-state index < -0.39 is 0 Å². The first-order valence-electron chi connectivity index (χ1n) is 39.4. The first kappa shape index (κ1) is 70.3. The van der Waals surface area contributed by atoms with Gasteiger partial charge in [0, 0.05) is 67.6 Å². The Bertz CT molecular complexity index is 6010. The highest BCUT2D eigenvalue weighted by Gasteiger charge is 2.45. The summed E-state index contributed by atoms with van der Waals surface area (Å²) in [4.78, 5) is 7.71.